The minimum Gasteiger partial charge on any atom is -0.208 e. The zero-order valence-corrected chi connectivity index (χ0v) is 32.3. The van der Waals surface area contributed by atoms with E-state index in [1.165, 1.54) is 0 Å². The van der Waals surface area contributed by atoms with Gasteiger partial charge in [0.15, 0.2) is 17.5 Å². The summed E-state index contributed by atoms with van der Waals surface area (Å²) in [5.41, 5.74) is 12.4. The average molecular weight is 764 g/mol. The van der Waals surface area contributed by atoms with Crippen molar-refractivity contribution in [3.05, 3.63) is 211 Å². The molecule has 9 aromatic carbocycles. The first-order valence-corrected chi connectivity index (χ1v) is 19.7. The SMILES string of the molecule is N#Cc1ccc(-c2ccc(-c3ccc(-c4nc(-c5ccccc5)nc(-c5ccc(-c6ccccc6)cc5)n4)cc3)cc2-c2ccc(C#N)c3ccccc23)c2ccccc12. The van der Waals surface area contributed by atoms with Gasteiger partial charge in [0.05, 0.1) is 23.3 Å². The highest BCUT2D eigenvalue weighted by molar-refractivity contribution is 6.07. The molecule has 278 valence electrons. The normalized spacial score (nSPS) is 11.0. The molecule has 5 heteroatoms. The molecule has 0 N–H and O–H groups in total. The second-order valence-electron chi connectivity index (χ2n) is 14.6. The molecule has 0 saturated heterocycles. The van der Waals surface area contributed by atoms with Crippen molar-refractivity contribution in [3.8, 4) is 90.8 Å². The van der Waals surface area contributed by atoms with Crippen molar-refractivity contribution in [3.63, 3.8) is 0 Å². The van der Waals surface area contributed by atoms with Crippen molar-refractivity contribution in [1.82, 2.24) is 15.0 Å². The van der Waals surface area contributed by atoms with Gasteiger partial charge in [0, 0.05) is 27.5 Å². The van der Waals surface area contributed by atoms with Crippen molar-refractivity contribution in [2.45, 2.75) is 0 Å². The number of benzene rings is 9. The Morgan fingerprint density at radius 2 is 0.600 bits per heavy atom. The third-order valence-electron chi connectivity index (χ3n) is 11.1. The van der Waals surface area contributed by atoms with Crippen LogP contribution >= 0.6 is 0 Å². The second kappa shape index (κ2) is 15.4. The first-order valence-electron chi connectivity index (χ1n) is 19.7. The summed E-state index contributed by atoms with van der Waals surface area (Å²) in [6.45, 7) is 0. The van der Waals surface area contributed by atoms with Crippen LogP contribution in [0.1, 0.15) is 11.1 Å². The lowest BCUT2D eigenvalue weighted by Gasteiger charge is -2.17. The van der Waals surface area contributed by atoms with Crippen LogP contribution in [-0.2, 0) is 0 Å². The number of nitriles is 2. The van der Waals surface area contributed by atoms with Gasteiger partial charge in [-0.25, -0.2) is 15.0 Å². The molecule has 0 atom stereocenters. The van der Waals surface area contributed by atoms with Gasteiger partial charge in [-0.2, -0.15) is 10.5 Å². The van der Waals surface area contributed by atoms with Gasteiger partial charge in [-0.3, -0.25) is 0 Å². The van der Waals surface area contributed by atoms with Crippen LogP contribution in [0.25, 0.3) is 100 Å². The third-order valence-corrected chi connectivity index (χ3v) is 11.1. The molecule has 1 heterocycles. The summed E-state index contributed by atoms with van der Waals surface area (Å²) in [4.78, 5) is 14.9. The highest BCUT2D eigenvalue weighted by atomic mass is 15.0. The van der Waals surface area contributed by atoms with Crippen molar-refractivity contribution in [2.75, 3.05) is 0 Å². The predicted octanol–water partition coefficient (Wildman–Crippen LogP) is 13.6. The molecular formula is C55H33N5. The molecule has 0 saturated carbocycles. The zero-order valence-electron chi connectivity index (χ0n) is 32.3. The molecule has 0 amide bonds. The van der Waals surface area contributed by atoms with Crippen LogP contribution in [0.4, 0.5) is 0 Å². The summed E-state index contributed by atoms with van der Waals surface area (Å²) in [7, 11) is 0. The fourth-order valence-electron chi connectivity index (χ4n) is 8.05. The van der Waals surface area contributed by atoms with Crippen molar-refractivity contribution in [1.29, 1.82) is 10.5 Å². The number of fused-ring (bicyclic) bond motifs is 2. The smallest absolute Gasteiger partial charge is 0.164 e. The molecular weight excluding hydrogens is 731 g/mol. The minimum atomic E-state index is 0.588. The molecule has 0 bridgehead atoms. The molecule has 10 rings (SSSR count). The minimum absolute atomic E-state index is 0.588. The molecule has 0 unspecified atom stereocenters. The standard InChI is InChI=1S/C55H33N5/c56-34-43-28-31-49(47-17-9-7-15-45(43)47)51-30-27-42(33-52(51)50-32-29-44(35-57)46-16-8-10-18-48(46)50)38-21-25-41(26-22-38)55-59-53(39-13-5-2-6-14-39)58-54(60-55)40-23-19-37(20-24-40)36-11-3-1-4-12-36/h1-33H. The van der Waals surface area contributed by atoms with E-state index in [9.17, 15) is 10.5 Å². The van der Waals surface area contributed by atoms with Gasteiger partial charge in [0.1, 0.15) is 0 Å². The Labute approximate surface area is 347 Å². The van der Waals surface area contributed by atoms with E-state index in [1.54, 1.807) is 0 Å². The quantitative estimate of drug-likeness (QED) is 0.161. The van der Waals surface area contributed by atoms with Gasteiger partial charge in [0.25, 0.3) is 0 Å². The maximum atomic E-state index is 10.0. The average Bonchev–Trinajstić information content (AvgIpc) is 3.33. The maximum Gasteiger partial charge on any atom is 0.164 e. The van der Waals surface area contributed by atoms with E-state index in [4.69, 9.17) is 15.0 Å². The van der Waals surface area contributed by atoms with E-state index in [1.807, 2.05) is 103 Å². The van der Waals surface area contributed by atoms with Gasteiger partial charge in [-0.15, -0.1) is 0 Å². The van der Waals surface area contributed by atoms with Crippen LogP contribution in [0.5, 0.6) is 0 Å². The Kier molecular flexibility index (Phi) is 9.23. The number of hydrogen-bond acceptors (Lipinski definition) is 5. The summed E-state index contributed by atoms with van der Waals surface area (Å²) in [5.74, 6) is 1.80. The van der Waals surface area contributed by atoms with Crippen LogP contribution in [-0.4, -0.2) is 15.0 Å². The fraction of sp³-hybridized carbons (Fsp3) is 0. The molecule has 0 aliphatic heterocycles. The predicted molar refractivity (Wildman–Crippen MR) is 242 cm³/mol. The Morgan fingerprint density at radius 1 is 0.267 bits per heavy atom. The molecule has 0 spiro atoms. The fourth-order valence-corrected chi connectivity index (χ4v) is 8.05. The molecule has 0 fully saturated rings. The van der Waals surface area contributed by atoms with Crippen molar-refractivity contribution < 1.29 is 0 Å². The van der Waals surface area contributed by atoms with E-state index in [0.29, 0.717) is 28.6 Å². The van der Waals surface area contributed by atoms with Gasteiger partial charge < -0.3 is 0 Å². The first kappa shape index (κ1) is 35.9. The Bertz CT molecular complexity index is 3310. The largest absolute Gasteiger partial charge is 0.208 e. The summed E-state index contributed by atoms with van der Waals surface area (Å²) in [5, 5.41) is 23.8. The monoisotopic (exact) mass is 763 g/mol. The topological polar surface area (TPSA) is 86.2 Å². The van der Waals surface area contributed by atoms with E-state index < -0.39 is 0 Å². The van der Waals surface area contributed by atoms with Crippen LogP contribution in [0.15, 0.2) is 200 Å². The number of rotatable bonds is 7. The lowest BCUT2D eigenvalue weighted by molar-refractivity contribution is 1.07. The molecule has 0 radical (unpaired) electrons. The number of aromatic nitrogens is 3. The lowest BCUT2D eigenvalue weighted by Crippen LogP contribution is -2.00. The summed E-state index contributed by atoms with van der Waals surface area (Å²) >= 11 is 0. The number of nitrogens with zero attached hydrogens (tertiary/aromatic N) is 5. The van der Waals surface area contributed by atoms with Crippen LogP contribution < -0.4 is 0 Å². The van der Waals surface area contributed by atoms with Crippen molar-refractivity contribution >= 4 is 21.5 Å². The van der Waals surface area contributed by atoms with Crippen LogP contribution in [0.3, 0.4) is 0 Å². The van der Waals surface area contributed by atoms with E-state index >= 15 is 0 Å². The van der Waals surface area contributed by atoms with Gasteiger partial charge in [-0.05, 0) is 73.5 Å². The Morgan fingerprint density at radius 3 is 1.08 bits per heavy atom. The molecule has 0 aliphatic carbocycles. The van der Waals surface area contributed by atoms with Crippen molar-refractivity contribution in [2.24, 2.45) is 0 Å². The van der Waals surface area contributed by atoms with E-state index in [-0.39, 0.29) is 0 Å². The molecule has 60 heavy (non-hydrogen) atoms. The highest BCUT2D eigenvalue weighted by Gasteiger charge is 2.18. The summed E-state index contributed by atoms with van der Waals surface area (Å²) < 4.78 is 0. The summed E-state index contributed by atoms with van der Waals surface area (Å²) in [6, 6.07) is 72.4. The molecule has 5 nitrogen and oxygen atoms in total. The molecule has 1 aromatic heterocycles. The number of hydrogen-bond donors (Lipinski definition) is 0. The van der Waals surface area contributed by atoms with Crippen LogP contribution in [0, 0.1) is 22.7 Å². The van der Waals surface area contributed by atoms with Gasteiger partial charge >= 0.3 is 0 Å². The van der Waals surface area contributed by atoms with Crippen LogP contribution in [0.2, 0.25) is 0 Å². The third kappa shape index (κ3) is 6.63. The Balaban J connectivity index is 1.08. The molecule has 0 aliphatic rings. The first-order chi connectivity index (χ1) is 29.6. The van der Waals surface area contributed by atoms with E-state index in [2.05, 4.69) is 109 Å². The van der Waals surface area contributed by atoms with Gasteiger partial charge in [-0.1, -0.05) is 182 Å². The van der Waals surface area contributed by atoms with E-state index in [0.717, 1.165) is 82.7 Å². The maximum absolute atomic E-state index is 10.0. The highest BCUT2D eigenvalue weighted by Crippen LogP contribution is 2.42. The lowest BCUT2D eigenvalue weighted by atomic mass is 9.86. The Hall–Kier alpha value is -8.51. The van der Waals surface area contributed by atoms with Gasteiger partial charge in [0.2, 0.25) is 0 Å². The zero-order chi connectivity index (χ0) is 40.4. The summed E-state index contributed by atoms with van der Waals surface area (Å²) in [6.07, 6.45) is 0. The second-order valence-corrected chi connectivity index (χ2v) is 14.6. The molecule has 10 aromatic rings.